The molecule has 0 saturated carbocycles. The number of piperazine rings is 1. The molecule has 2 aliphatic rings. The number of carbonyl (C=O) groups is 1. The van der Waals surface area contributed by atoms with Crippen LogP contribution in [-0.2, 0) is 9.53 Å². The van der Waals surface area contributed by atoms with Crippen LogP contribution in [0.4, 0.5) is 0 Å². The van der Waals surface area contributed by atoms with E-state index in [4.69, 9.17) is 4.74 Å². The Balaban J connectivity index is 1.99. The fourth-order valence-electron chi connectivity index (χ4n) is 2.36. The first-order valence-electron chi connectivity index (χ1n) is 4.79. The second-order valence-electron chi connectivity index (χ2n) is 4.04. The van der Waals surface area contributed by atoms with E-state index >= 15 is 0 Å². The minimum Gasteiger partial charge on any atom is -0.469 e. The van der Waals surface area contributed by atoms with Gasteiger partial charge in [0.1, 0.15) is 0 Å². The van der Waals surface area contributed by atoms with E-state index in [1.807, 2.05) is 0 Å². The number of hydrogen-bond acceptors (Lipinski definition) is 4. The van der Waals surface area contributed by atoms with Crippen LogP contribution in [0.5, 0.6) is 0 Å². The van der Waals surface area contributed by atoms with E-state index < -0.39 is 0 Å². The molecule has 2 aliphatic heterocycles. The van der Waals surface area contributed by atoms with Gasteiger partial charge >= 0.3 is 5.97 Å². The smallest absolute Gasteiger partial charge is 0.307 e. The zero-order valence-corrected chi connectivity index (χ0v) is 7.93. The van der Waals surface area contributed by atoms with Crippen LogP contribution in [0.3, 0.4) is 0 Å². The third kappa shape index (κ3) is 1.69. The highest BCUT2D eigenvalue weighted by Gasteiger charge is 2.42. The van der Waals surface area contributed by atoms with E-state index in [0.29, 0.717) is 12.5 Å². The molecule has 13 heavy (non-hydrogen) atoms. The molecule has 4 nitrogen and oxygen atoms in total. The van der Waals surface area contributed by atoms with E-state index in [2.05, 4.69) is 10.6 Å². The van der Waals surface area contributed by atoms with Gasteiger partial charge < -0.3 is 15.4 Å². The monoisotopic (exact) mass is 184 g/mol. The molecule has 2 atom stereocenters. The molecule has 2 unspecified atom stereocenters. The van der Waals surface area contributed by atoms with Crippen molar-refractivity contribution in [3.63, 3.8) is 0 Å². The van der Waals surface area contributed by atoms with Gasteiger partial charge in [0, 0.05) is 24.7 Å². The van der Waals surface area contributed by atoms with Crippen LogP contribution in [0.1, 0.15) is 19.3 Å². The molecule has 0 aromatic heterocycles. The van der Waals surface area contributed by atoms with Crippen molar-refractivity contribution in [2.24, 2.45) is 0 Å². The Morgan fingerprint density at radius 3 is 3.31 bits per heavy atom. The van der Waals surface area contributed by atoms with Crippen LogP contribution >= 0.6 is 0 Å². The second-order valence-corrected chi connectivity index (χ2v) is 4.04. The lowest BCUT2D eigenvalue weighted by molar-refractivity contribution is -0.142. The van der Waals surface area contributed by atoms with Crippen molar-refractivity contribution in [2.75, 3.05) is 20.2 Å². The van der Waals surface area contributed by atoms with Crippen LogP contribution in [0, 0.1) is 0 Å². The lowest BCUT2D eigenvalue weighted by Gasteiger charge is -2.34. The SMILES string of the molecule is COC(=O)CC12CCC(CNC1)N2. The Labute approximate surface area is 78.0 Å². The Bertz CT molecular complexity index is 216. The minimum absolute atomic E-state index is 0.0178. The third-order valence-corrected chi connectivity index (χ3v) is 3.05. The highest BCUT2D eigenvalue weighted by Crippen LogP contribution is 2.29. The zero-order chi connectivity index (χ0) is 9.31. The van der Waals surface area contributed by atoms with Crippen molar-refractivity contribution in [1.82, 2.24) is 10.6 Å². The Morgan fingerprint density at radius 2 is 2.54 bits per heavy atom. The normalized spacial score (nSPS) is 37.5. The molecule has 2 bridgehead atoms. The maximum absolute atomic E-state index is 11.2. The Kier molecular flexibility index (Phi) is 2.26. The first-order valence-corrected chi connectivity index (χ1v) is 4.79. The molecule has 74 valence electrons. The number of rotatable bonds is 2. The summed E-state index contributed by atoms with van der Waals surface area (Å²) in [4.78, 5) is 11.2. The molecule has 0 amide bonds. The van der Waals surface area contributed by atoms with Gasteiger partial charge in [-0.15, -0.1) is 0 Å². The van der Waals surface area contributed by atoms with Gasteiger partial charge in [-0.3, -0.25) is 4.79 Å². The summed E-state index contributed by atoms with van der Waals surface area (Å²) in [5, 5.41) is 6.85. The molecule has 4 heteroatoms. The van der Waals surface area contributed by atoms with Gasteiger partial charge in [-0.05, 0) is 12.8 Å². The van der Waals surface area contributed by atoms with Crippen LogP contribution in [0.15, 0.2) is 0 Å². The van der Waals surface area contributed by atoms with Gasteiger partial charge in [0.2, 0.25) is 0 Å². The van der Waals surface area contributed by atoms with Crippen molar-refractivity contribution in [1.29, 1.82) is 0 Å². The molecule has 0 aliphatic carbocycles. The van der Waals surface area contributed by atoms with Gasteiger partial charge in [-0.1, -0.05) is 0 Å². The molecule has 0 aromatic rings. The summed E-state index contributed by atoms with van der Waals surface area (Å²) >= 11 is 0. The fourth-order valence-corrected chi connectivity index (χ4v) is 2.36. The first kappa shape index (κ1) is 8.97. The number of fused-ring (bicyclic) bond motifs is 2. The van der Waals surface area contributed by atoms with E-state index in [-0.39, 0.29) is 11.5 Å². The number of esters is 1. The lowest BCUT2D eigenvalue weighted by Crippen LogP contribution is -2.58. The molecular formula is C9H16N2O2. The topological polar surface area (TPSA) is 50.4 Å². The predicted molar refractivity (Wildman–Crippen MR) is 48.4 cm³/mol. The van der Waals surface area contributed by atoms with Crippen LogP contribution < -0.4 is 10.6 Å². The van der Waals surface area contributed by atoms with Crippen LogP contribution in [-0.4, -0.2) is 37.7 Å². The Hall–Kier alpha value is -0.610. The molecule has 2 saturated heterocycles. The van der Waals surface area contributed by atoms with Gasteiger partial charge in [0.25, 0.3) is 0 Å². The first-order chi connectivity index (χ1) is 6.24. The number of nitrogens with one attached hydrogen (secondary N) is 2. The largest absolute Gasteiger partial charge is 0.469 e. The number of carbonyl (C=O) groups excluding carboxylic acids is 1. The summed E-state index contributed by atoms with van der Waals surface area (Å²) in [5.41, 5.74) is -0.0178. The molecule has 2 N–H and O–H groups in total. The standard InChI is InChI=1S/C9H16N2O2/c1-13-8(12)4-9-3-2-7(11-9)5-10-6-9/h7,10-11H,2-6H2,1H3. The van der Waals surface area contributed by atoms with E-state index in [1.54, 1.807) is 0 Å². The average Bonchev–Trinajstić information content (AvgIpc) is 2.42. The average molecular weight is 184 g/mol. The Morgan fingerprint density at radius 1 is 1.69 bits per heavy atom. The van der Waals surface area contributed by atoms with Crippen molar-refractivity contribution < 1.29 is 9.53 Å². The van der Waals surface area contributed by atoms with Gasteiger partial charge in [0.05, 0.1) is 13.5 Å². The minimum atomic E-state index is -0.114. The molecule has 0 aromatic carbocycles. The highest BCUT2D eigenvalue weighted by molar-refractivity contribution is 5.71. The molecule has 2 heterocycles. The molecule has 2 fully saturated rings. The van der Waals surface area contributed by atoms with Crippen LogP contribution in [0.2, 0.25) is 0 Å². The highest BCUT2D eigenvalue weighted by atomic mass is 16.5. The van der Waals surface area contributed by atoms with Crippen molar-refractivity contribution in [2.45, 2.75) is 30.8 Å². The molecule has 0 radical (unpaired) electrons. The summed E-state index contributed by atoms with van der Waals surface area (Å²) in [6.07, 6.45) is 2.75. The van der Waals surface area contributed by atoms with Gasteiger partial charge in [-0.2, -0.15) is 0 Å². The summed E-state index contributed by atoms with van der Waals surface area (Å²) in [5.74, 6) is -0.114. The number of hydrogen-bond donors (Lipinski definition) is 2. The summed E-state index contributed by atoms with van der Waals surface area (Å²) in [6.45, 7) is 1.92. The van der Waals surface area contributed by atoms with Crippen molar-refractivity contribution in [3.8, 4) is 0 Å². The van der Waals surface area contributed by atoms with E-state index in [0.717, 1.165) is 19.5 Å². The number of ether oxygens (including phenoxy) is 1. The predicted octanol–water partition coefficient (Wildman–Crippen LogP) is -0.356. The maximum atomic E-state index is 11.2. The van der Waals surface area contributed by atoms with Crippen molar-refractivity contribution >= 4 is 5.97 Å². The fraction of sp³-hybridized carbons (Fsp3) is 0.889. The summed E-state index contributed by atoms with van der Waals surface area (Å²) in [6, 6.07) is 0.554. The quantitative estimate of drug-likeness (QED) is 0.576. The van der Waals surface area contributed by atoms with E-state index in [9.17, 15) is 4.79 Å². The van der Waals surface area contributed by atoms with Gasteiger partial charge in [0.15, 0.2) is 0 Å². The van der Waals surface area contributed by atoms with Crippen molar-refractivity contribution in [3.05, 3.63) is 0 Å². The van der Waals surface area contributed by atoms with Gasteiger partial charge in [-0.25, -0.2) is 0 Å². The van der Waals surface area contributed by atoms with E-state index in [1.165, 1.54) is 13.5 Å². The maximum Gasteiger partial charge on any atom is 0.307 e. The zero-order valence-electron chi connectivity index (χ0n) is 7.93. The summed E-state index contributed by atoms with van der Waals surface area (Å²) < 4.78 is 4.69. The summed E-state index contributed by atoms with van der Waals surface area (Å²) in [7, 11) is 1.45. The second kappa shape index (κ2) is 3.27. The third-order valence-electron chi connectivity index (χ3n) is 3.05. The molecule has 2 rings (SSSR count). The molecule has 0 spiro atoms. The molecular weight excluding hydrogens is 168 g/mol. The lowest BCUT2D eigenvalue weighted by atomic mass is 9.93. The van der Waals surface area contributed by atoms with Crippen LogP contribution in [0.25, 0.3) is 0 Å². The number of methoxy groups -OCH3 is 1.